The van der Waals surface area contributed by atoms with Crippen molar-refractivity contribution in [3.05, 3.63) is 66.1 Å². The molecule has 0 aliphatic heterocycles. The van der Waals surface area contributed by atoms with Crippen molar-refractivity contribution in [2.45, 2.75) is 25.2 Å². The van der Waals surface area contributed by atoms with E-state index in [1.807, 2.05) is 6.92 Å². The molecule has 0 fully saturated rings. The van der Waals surface area contributed by atoms with E-state index in [4.69, 9.17) is 9.15 Å². The number of halogens is 2. The normalized spacial score (nSPS) is 11.9. The van der Waals surface area contributed by atoms with Gasteiger partial charge in [-0.1, -0.05) is 11.8 Å². The van der Waals surface area contributed by atoms with Crippen LogP contribution in [0.15, 0.2) is 58.2 Å². The Labute approximate surface area is 170 Å². The Bertz CT molecular complexity index is 948. The second-order valence-corrected chi connectivity index (χ2v) is 6.95. The Morgan fingerprint density at radius 3 is 2.34 bits per heavy atom. The summed E-state index contributed by atoms with van der Waals surface area (Å²) in [5.74, 6) is -0.0797. The molecule has 3 rings (SSSR count). The molecule has 0 aliphatic carbocycles. The molecule has 29 heavy (non-hydrogen) atoms. The third-order valence-electron chi connectivity index (χ3n) is 3.97. The molecule has 6 nitrogen and oxygen atoms in total. The van der Waals surface area contributed by atoms with Crippen molar-refractivity contribution < 1.29 is 22.7 Å². The molecule has 3 aromatic rings. The molecule has 0 bridgehead atoms. The van der Waals surface area contributed by atoms with Gasteiger partial charge in [0.1, 0.15) is 17.4 Å². The first-order valence-electron chi connectivity index (χ1n) is 8.90. The van der Waals surface area contributed by atoms with Gasteiger partial charge in [0.15, 0.2) is 6.10 Å². The van der Waals surface area contributed by atoms with Gasteiger partial charge in [-0.2, -0.15) is 0 Å². The van der Waals surface area contributed by atoms with Crippen molar-refractivity contribution in [2.24, 2.45) is 0 Å². The van der Waals surface area contributed by atoms with Gasteiger partial charge in [0.05, 0.1) is 5.75 Å². The lowest BCUT2D eigenvalue weighted by molar-refractivity contribution is -0.116. The van der Waals surface area contributed by atoms with Crippen LogP contribution in [0.2, 0.25) is 0 Å². The number of carbonyl (C=O) groups is 1. The minimum absolute atomic E-state index is 0.0834. The SMILES string of the molecule is CCN(C(=O)CSc1nnc(C(C)Oc2ccc(F)cc2)o1)c1ccc(F)cc1. The van der Waals surface area contributed by atoms with Crippen LogP contribution in [0, 0.1) is 11.6 Å². The number of benzene rings is 2. The molecule has 0 aliphatic rings. The summed E-state index contributed by atoms with van der Waals surface area (Å²) in [6.45, 7) is 4.01. The molecule has 0 saturated carbocycles. The number of thioether (sulfide) groups is 1. The van der Waals surface area contributed by atoms with Gasteiger partial charge < -0.3 is 14.1 Å². The van der Waals surface area contributed by atoms with Crippen LogP contribution in [0.25, 0.3) is 0 Å². The van der Waals surface area contributed by atoms with Crippen LogP contribution in [-0.4, -0.2) is 28.4 Å². The highest BCUT2D eigenvalue weighted by molar-refractivity contribution is 7.99. The number of ether oxygens (including phenoxy) is 1. The van der Waals surface area contributed by atoms with E-state index in [0.29, 0.717) is 18.0 Å². The van der Waals surface area contributed by atoms with E-state index in [2.05, 4.69) is 10.2 Å². The molecule has 0 radical (unpaired) electrons. The maximum Gasteiger partial charge on any atom is 0.277 e. The first-order chi connectivity index (χ1) is 14.0. The van der Waals surface area contributed by atoms with Crippen LogP contribution in [-0.2, 0) is 4.79 Å². The number of anilines is 1. The Hall–Kier alpha value is -2.94. The molecular weight excluding hydrogens is 400 g/mol. The fourth-order valence-electron chi connectivity index (χ4n) is 2.54. The fraction of sp³-hybridized carbons (Fsp3) is 0.250. The smallest absolute Gasteiger partial charge is 0.277 e. The number of hydrogen-bond donors (Lipinski definition) is 0. The molecule has 1 heterocycles. The first kappa shape index (κ1) is 20.8. The van der Waals surface area contributed by atoms with Gasteiger partial charge in [-0.25, -0.2) is 8.78 Å². The summed E-state index contributed by atoms with van der Waals surface area (Å²) >= 11 is 1.11. The van der Waals surface area contributed by atoms with E-state index < -0.39 is 6.10 Å². The van der Waals surface area contributed by atoms with Gasteiger partial charge in [0.25, 0.3) is 11.1 Å². The zero-order valence-electron chi connectivity index (χ0n) is 15.8. The Balaban J connectivity index is 1.57. The lowest BCUT2D eigenvalue weighted by Crippen LogP contribution is -2.32. The molecule has 0 saturated heterocycles. The quantitative estimate of drug-likeness (QED) is 0.496. The maximum atomic E-state index is 13.1. The molecule has 9 heteroatoms. The van der Waals surface area contributed by atoms with E-state index in [1.54, 1.807) is 24.0 Å². The van der Waals surface area contributed by atoms with Gasteiger partial charge in [-0.05, 0) is 62.4 Å². The van der Waals surface area contributed by atoms with Gasteiger partial charge in [-0.3, -0.25) is 4.79 Å². The summed E-state index contributed by atoms with van der Waals surface area (Å²) in [6.07, 6.45) is -0.538. The topological polar surface area (TPSA) is 68.5 Å². The van der Waals surface area contributed by atoms with Crippen molar-refractivity contribution >= 4 is 23.4 Å². The Morgan fingerprint density at radius 1 is 1.10 bits per heavy atom. The molecule has 0 spiro atoms. The van der Waals surface area contributed by atoms with E-state index in [9.17, 15) is 13.6 Å². The van der Waals surface area contributed by atoms with Crippen LogP contribution in [0.5, 0.6) is 5.75 Å². The van der Waals surface area contributed by atoms with Gasteiger partial charge in [-0.15, -0.1) is 10.2 Å². The molecule has 2 aromatic carbocycles. The fourth-order valence-corrected chi connectivity index (χ4v) is 3.18. The predicted molar refractivity (Wildman–Crippen MR) is 105 cm³/mol. The second-order valence-electron chi connectivity index (χ2n) is 6.02. The summed E-state index contributed by atoms with van der Waals surface area (Å²) < 4.78 is 37.2. The molecule has 152 valence electrons. The molecule has 1 atom stereocenters. The maximum absolute atomic E-state index is 13.1. The van der Waals surface area contributed by atoms with Crippen molar-refractivity contribution in [3.63, 3.8) is 0 Å². The van der Waals surface area contributed by atoms with E-state index in [-0.39, 0.29) is 34.4 Å². The van der Waals surface area contributed by atoms with Crippen LogP contribution < -0.4 is 9.64 Å². The van der Waals surface area contributed by atoms with Crippen molar-refractivity contribution in [2.75, 3.05) is 17.2 Å². The third-order valence-corrected chi connectivity index (χ3v) is 4.77. The lowest BCUT2D eigenvalue weighted by Gasteiger charge is -2.20. The largest absolute Gasteiger partial charge is 0.481 e. The number of aromatic nitrogens is 2. The average molecular weight is 419 g/mol. The highest BCUT2D eigenvalue weighted by Gasteiger charge is 2.19. The highest BCUT2D eigenvalue weighted by atomic mass is 32.2. The van der Waals surface area contributed by atoms with Crippen molar-refractivity contribution in [3.8, 4) is 5.75 Å². The summed E-state index contributed by atoms with van der Waals surface area (Å²) in [4.78, 5) is 14.1. The minimum Gasteiger partial charge on any atom is -0.481 e. The standard InChI is InChI=1S/C20H19F2N3O3S/c1-3-25(16-8-4-14(21)5-9-16)18(26)12-29-20-24-23-19(28-20)13(2)27-17-10-6-15(22)7-11-17/h4-11,13H,3,12H2,1-2H3. The zero-order chi connectivity index (χ0) is 20.8. The minimum atomic E-state index is -0.538. The van der Waals surface area contributed by atoms with Crippen LogP contribution in [0.1, 0.15) is 25.8 Å². The molecule has 1 aromatic heterocycles. The molecule has 1 amide bonds. The Kier molecular flexibility index (Phi) is 6.82. The van der Waals surface area contributed by atoms with Gasteiger partial charge >= 0.3 is 0 Å². The lowest BCUT2D eigenvalue weighted by atomic mass is 10.3. The van der Waals surface area contributed by atoms with Gasteiger partial charge in [0.2, 0.25) is 5.91 Å². The van der Waals surface area contributed by atoms with Crippen LogP contribution in [0.4, 0.5) is 14.5 Å². The van der Waals surface area contributed by atoms with Crippen molar-refractivity contribution in [1.82, 2.24) is 10.2 Å². The number of hydrogen-bond acceptors (Lipinski definition) is 6. The number of nitrogens with zero attached hydrogens (tertiary/aromatic N) is 3. The third kappa shape index (κ3) is 5.54. The van der Waals surface area contributed by atoms with E-state index >= 15 is 0 Å². The summed E-state index contributed by atoms with van der Waals surface area (Å²) in [5, 5.41) is 8.09. The van der Waals surface area contributed by atoms with Crippen LogP contribution >= 0.6 is 11.8 Å². The zero-order valence-corrected chi connectivity index (χ0v) is 16.7. The summed E-state index contributed by atoms with van der Waals surface area (Å²) in [5.41, 5.74) is 0.618. The summed E-state index contributed by atoms with van der Waals surface area (Å²) in [7, 11) is 0. The van der Waals surface area contributed by atoms with Crippen LogP contribution in [0.3, 0.4) is 0 Å². The first-order valence-corrected chi connectivity index (χ1v) is 9.89. The van der Waals surface area contributed by atoms with Crippen molar-refractivity contribution in [1.29, 1.82) is 0 Å². The summed E-state index contributed by atoms with van der Waals surface area (Å²) in [6, 6.07) is 11.3. The molecular formula is C20H19F2N3O3S. The average Bonchev–Trinajstić information content (AvgIpc) is 3.19. The van der Waals surface area contributed by atoms with E-state index in [1.165, 1.54) is 36.4 Å². The number of carbonyl (C=O) groups excluding carboxylic acids is 1. The predicted octanol–water partition coefficient (Wildman–Crippen LogP) is 4.63. The van der Waals surface area contributed by atoms with Gasteiger partial charge in [0, 0.05) is 12.2 Å². The second kappa shape index (κ2) is 9.51. The number of amides is 1. The number of rotatable bonds is 8. The highest BCUT2D eigenvalue weighted by Crippen LogP contribution is 2.25. The van der Waals surface area contributed by atoms with E-state index in [0.717, 1.165) is 11.8 Å². The molecule has 1 unspecified atom stereocenters. The Morgan fingerprint density at radius 2 is 1.72 bits per heavy atom. The molecule has 0 N–H and O–H groups in total. The monoisotopic (exact) mass is 419 g/mol.